The molecule has 2 aromatic rings. The lowest BCUT2D eigenvalue weighted by molar-refractivity contribution is -0.0496. The van der Waals surface area contributed by atoms with Crippen LogP contribution in [-0.4, -0.2) is 29.5 Å². The maximum absolute atomic E-state index is 13.9. The molecule has 0 saturated heterocycles. The molecular formula is C24H27F3N2O2. The number of rotatable bonds is 10. The van der Waals surface area contributed by atoms with Crippen LogP contribution in [0.2, 0.25) is 0 Å². The first kappa shape index (κ1) is 24.3. The van der Waals surface area contributed by atoms with Crippen molar-refractivity contribution in [2.45, 2.75) is 46.6 Å². The van der Waals surface area contributed by atoms with Gasteiger partial charge in [0.05, 0.1) is 12.3 Å². The van der Waals surface area contributed by atoms with Gasteiger partial charge in [-0.05, 0) is 61.7 Å². The summed E-state index contributed by atoms with van der Waals surface area (Å²) in [6.07, 6.45) is 7.53. The Labute approximate surface area is 180 Å². The number of aliphatic hydroxyl groups is 1. The molecule has 1 N–H and O–H groups in total. The summed E-state index contributed by atoms with van der Waals surface area (Å²) < 4.78 is 44.2. The van der Waals surface area contributed by atoms with Gasteiger partial charge in [0.1, 0.15) is 11.5 Å². The van der Waals surface area contributed by atoms with E-state index in [1.165, 1.54) is 18.2 Å². The first-order valence-corrected chi connectivity index (χ1v) is 10.1. The summed E-state index contributed by atoms with van der Waals surface area (Å²) in [5, 5.41) is 9.42. The molecule has 0 unspecified atom stereocenters. The van der Waals surface area contributed by atoms with Gasteiger partial charge in [0.2, 0.25) is 0 Å². The van der Waals surface area contributed by atoms with E-state index >= 15 is 0 Å². The molecular weight excluding hydrogens is 405 g/mol. The van der Waals surface area contributed by atoms with Crippen molar-refractivity contribution in [3.05, 3.63) is 70.8 Å². The third-order valence-electron chi connectivity index (χ3n) is 4.43. The Kier molecular flexibility index (Phi) is 9.46. The van der Waals surface area contributed by atoms with Crippen molar-refractivity contribution in [3.63, 3.8) is 0 Å². The van der Waals surface area contributed by atoms with Gasteiger partial charge in [-0.25, -0.2) is 9.37 Å². The molecule has 1 aromatic carbocycles. The van der Waals surface area contributed by atoms with Crippen LogP contribution in [0.25, 0.3) is 11.3 Å². The van der Waals surface area contributed by atoms with Crippen LogP contribution in [0.1, 0.15) is 37.9 Å². The molecule has 166 valence electrons. The van der Waals surface area contributed by atoms with Crippen molar-refractivity contribution in [1.82, 2.24) is 4.98 Å². The van der Waals surface area contributed by atoms with Crippen LogP contribution in [0.3, 0.4) is 0 Å². The molecule has 1 aromatic heterocycles. The molecule has 0 aliphatic rings. The van der Waals surface area contributed by atoms with E-state index in [4.69, 9.17) is 0 Å². The molecule has 4 nitrogen and oxygen atoms in total. The van der Waals surface area contributed by atoms with E-state index in [9.17, 15) is 18.3 Å². The number of aliphatic hydroxyl groups excluding tert-OH is 1. The summed E-state index contributed by atoms with van der Waals surface area (Å²) in [5.74, 6) is -0.605. The van der Waals surface area contributed by atoms with Crippen LogP contribution in [0.5, 0.6) is 5.75 Å². The molecule has 0 amide bonds. The summed E-state index contributed by atoms with van der Waals surface area (Å²) in [5.41, 5.74) is 3.13. The number of aryl methyl sites for hydroxylation is 1. The molecule has 2 rings (SSSR count). The lowest BCUT2D eigenvalue weighted by atomic mass is 10.1. The fourth-order valence-electron chi connectivity index (χ4n) is 2.92. The van der Waals surface area contributed by atoms with Gasteiger partial charge in [0, 0.05) is 23.9 Å². The second-order valence-corrected chi connectivity index (χ2v) is 6.99. The molecule has 0 saturated carbocycles. The number of ether oxygens (including phenoxy) is 1. The second-order valence-electron chi connectivity index (χ2n) is 6.99. The summed E-state index contributed by atoms with van der Waals surface area (Å²) in [4.78, 5) is 8.80. The fourth-order valence-corrected chi connectivity index (χ4v) is 2.92. The highest BCUT2D eigenvalue weighted by molar-refractivity contribution is 5.80. The van der Waals surface area contributed by atoms with E-state index in [0.29, 0.717) is 28.9 Å². The van der Waals surface area contributed by atoms with E-state index in [1.54, 1.807) is 25.3 Å². The zero-order valence-corrected chi connectivity index (χ0v) is 17.9. The monoisotopic (exact) mass is 432 g/mol. The van der Waals surface area contributed by atoms with Crippen molar-refractivity contribution in [1.29, 1.82) is 0 Å². The molecule has 0 spiro atoms. The second kappa shape index (κ2) is 12.1. The molecule has 7 heteroatoms. The lowest BCUT2D eigenvalue weighted by Gasteiger charge is -2.13. The van der Waals surface area contributed by atoms with Gasteiger partial charge >= 0.3 is 6.61 Å². The molecule has 0 aliphatic heterocycles. The van der Waals surface area contributed by atoms with Crippen LogP contribution in [0, 0.1) is 12.7 Å². The Bertz CT molecular complexity index is 949. The molecule has 1 heterocycles. The minimum absolute atomic E-state index is 0.121. The maximum atomic E-state index is 13.9. The SMILES string of the molecule is C\C=C(/C=N/C(=C/CCC)CO)Cc1ccc(OC(F)F)c(-c2cc(C)cc(F)c2)n1. The smallest absolute Gasteiger partial charge is 0.387 e. The van der Waals surface area contributed by atoms with Gasteiger partial charge in [-0.2, -0.15) is 8.78 Å². The summed E-state index contributed by atoms with van der Waals surface area (Å²) in [6, 6.07) is 7.25. The normalized spacial score (nSPS) is 12.8. The third kappa shape index (κ3) is 7.68. The highest BCUT2D eigenvalue weighted by Gasteiger charge is 2.15. The number of allylic oxidation sites excluding steroid dienone is 3. The Balaban J connectivity index is 2.36. The van der Waals surface area contributed by atoms with E-state index in [-0.39, 0.29) is 18.1 Å². The molecule has 0 radical (unpaired) electrons. The van der Waals surface area contributed by atoms with Gasteiger partial charge in [0.15, 0.2) is 5.75 Å². The highest BCUT2D eigenvalue weighted by Crippen LogP contribution is 2.31. The van der Waals surface area contributed by atoms with Crippen molar-refractivity contribution in [3.8, 4) is 17.0 Å². The molecule has 0 aliphatic carbocycles. The van der Waals surface area contributed by atoms with Crippen LogP contribution >= 0.6 is 0 Å². The number of nitrogens with zero attached hydrogens (tertiary/aromatic N) is 2. The van der Waals surface area contributed by atoms with Crippen LogP contribution < -0.4 is 4.74 Å². The quantitative estimate of drug-likeness (QED) is 0.466. The summed E-state index contributed by atoms with van der Waals surface area (Å²) >= 11 is 0. The van der Waals surface area contributed by atoms with Gasteiger partial charge in [-0.1, -0.05) is 25.5 Å². The number of hydrogen-bond acceptors (Lipinski definition) is 4. The predicted octanol–water partition coefficient (Wildman–Crippen LogP) is 6.03. The molecule has 0 bridgehead atoms. The first-order valence-electron chi connectivity index (χ1n) is 10.1. The van der Waals surface area contributed by atoms with Gasteiger partial charge in [0.25, 0.3) is 0 Å². The number of unbranched alkanes of at least 4 members (excludes halogenated alkanes) is 1. The topological polar surface area (TPSA) is 54.7 Å². The number of alkyl halides is 2. The van der Waals surface area contributed by atoms with E-state index < -0.39 is 12.4 Å². The zero-order valence-electron chi connectivity index (χ0n) is 17.9. The van der Waals surface area contributed by atoms with Gasteiger partial charge in [-0.15, -0.1) is 0 Å². The Morgan fingerprint density at radius 3 is 2.65 bits per heavy atom. The molecule has 0 atom stereocenters. The lowest BCUT2D eigenvalue weighted by Crippen LogP contribution is -2.06. The van der Waals surface area contributed by atoms with Crippen LogP contribution in [0.4, 0.5) is 13.2 Å². The number of benzene rings is 1. The van der Waals surface area contributed by atoms with Crippen LogP contribution in [-0.2, 0) is 6.42 Å². The van der Waals surface area contributed by atoms with Crippen LogP contribution in [0.15, 0.2) is 58.7 Å². The Hall–Kier alpha value is -2.93. The number of pyridine rings is 1. The van der Waals surface area contributed by atoms with E-state index in [1.807, 2.05) is 26.0 Å². The zero-order chi connectivity index (χ0) is 22.8. The highest BCUT2D eigenvalue weighted by atomic mass is 19.3. The third-order valence-corrected chi connectivity index (χ3v) is 4.43. The van der Waals surface area contributed by atoms with E-state index in [2.05, 4.69) is 14.7 Å². The van der Waals surface area contributed by atoms with Gasteiger partial charge in [-0.3, -0.25) is 4.99 Å². The maximum Gasteiger partial charge on any atom is 0.387 e. The van der Waals surface area contributed by atoms with E-state index in [0.717, 1.165) is 18.4 Å². The standard InChI is InChI=1S/C24H27F3N2O2/c1-4-6-7-21(15-30)28-14-17(5-2)12-20-8-9-22(31-24(26)27)23(29-20)18-10-16(3)11-19(25)13-18/h5,7-11,13-14,24,30H,4,6,12,15H2,1-3H3/b17-5-,21-7+,28-14+. The summed E-state index contributed by atoms with van der Waals surface area (Å²) in [7, 11) is 0. The van der Waals surface area contributed by atoms with Crippen molar-refractivity contribution in [2.75, 3.05) is 6.61 Å². The number of aromatic nitrogens is 1. The Morgan fingerprint density at radius 2 is 2.03 bits per heavy atom. The largest absolute Gasteiger partial charge is 0.432 e. The fraction of sp³-hybridized carbons (Fsp3) is 0.333. The average molecular weight is 432 g/mol. The van der Waals surface area contributed by atoms with Gasteiger partial charge < -0.3 is 9.84 Å². The number of halogens is 3. The van der Waals surface area contributed by atoms with Crippen molar-refractivity contribution in [2.24, 2.45) is 4.99 Å². The molecule has 31 heavy (non-hydrogen) atoms. The first-order chi connectivity index (χ1) is 14.9. The average Bonchev–Trinajstić information content (AvgIpc) is 2.72. The summed E-state index contributed by atoms with van der Waals surface area (Å²) in [6.45, 7) is 2.42. The Morgan fingerprint density at radius 1 is 1.26 bits per heavy atom. The van der Waals surface area contributed by atoms with Crippen molar-refractivity contribution < 1.29 is 23.0 Å². The molecule has 0 fully saturated rings. The minimum atomic E-state index is -3.02. The number of aliphatic imine (C=N–C) groups is 1. The predicted molar refractivity (Wildman–Crippen MR) is 117 cm³/mol. The number of hydrogen-bond donors (Lipinski definition) is 1. The van der Waals surface area contributed by atoms with Crippen molar-refractivity contribution >= 4 is 6.21 Å². The minimum Gasteiger partial charge on any atom is -0.432 e.